The molecule has 140 valence electrons. The van der Waals surface area contributed by atoms with E-state index in [-0.39, 0.29) is 4.90 Å². The van der Waals surface area contributed by atoms with Crippen molar-refractivity contribution in [3.8, 4) is 0 Å². The summed E-state index contributed by atoms with van der Waals surface area (Å²) in [6, 6.07) is 15.2. The standard InChI is InChI=1S/C20H20ClN3O2S/c1-14-20(15(2)23(22-14)13-17-8-3-5-9-18(17)21)27(25,26)24-12-11-16-7-4-6-10-19(16)24/h3-10H,11-13H2,1-2H3. The lowest BCUT2D eigenvalue weighted by molar-refractivity contribution is 0.590. The summed E-state index contributed by atoms with van der Waals surface area (Å²) in [5.74, 6) is 0. The zero-order valence-electron chi connectivity index (χ0n) is 15.2. The van der Waals surface area contributed by atoms with Crippen molar-refractivity contribution in [3.63, 3.8) is 0 Å². The van der Waals surface area contributed by atoms with Gasteiger partial charge in [-0.2, -0.15) is 5.10 Å². The molecule has 3 aromatic rings. The fraction of sp³-hybridized carbons (Fsp3) is 0.250. The fourth-order valence-corrected chi connectivity index (χ4v) is 5.74. The molecule has 5 nitrogen and oxygen atoms in total. The molecule has 2 aromatic carbocycles. The zero-order valence-corrected chi connectivity index (χ0v) is 16.8. The summed E-state index contributed by atoms with van der Waals surface area (Å²) in [6.45, 7) is 4.42. The number of para-hydroxylation sites is 1. The van der Waals surface area contributed by atoms with Crippen molar-refractivity contribution in [2.45, 2.75) is 31.7 Å². The first-order valence-corrected chi connectivity index (χ1v) is 10.6. The lowest BCUT2D eigenvalue weighted by Crippen LogP contribution is -2.30. The van der Waals surface area contributed by atoms with Crippen LogP contribution in [0, 0.1) is 13.8 Å². The van der Waals surface area contributed by atoms with Crippen molar-refractivity contribution in [2.24, 2.45) is 0 Å². The predicted octanol–water partition coefficient (Wildman–Crippen LogP) is 3.95. The Hall–Kier alpha value is -2.31. The Morgan fingerprint density at radius 3 is 2.56 bits per heavy atom. The zero-order chi connectivity index (χ0) is 19.2. The molecule has 0 amide bonds. The number of aryl methyl sites for hydroxylation is 1. The average molecular weight is 402 g/mol. The Kier molecular flexibility index (Phi) is 4.48. The van der Waals surface area contributed by atoms with Gasteiger partial charge in [0.1, 0.15) is 4.90 Å². The molecule has 1 aliphatic heterocycles. The third kappa shape index (κ3) is 3.03. The van der Waals surface area contributed by atoms with Crippen molar-refractivity contribution in [3.05, 3.63) is 76.1 Å². The molecule has 7 heteroatoms. The first kappa shape index (κ1) is 18.1. The van der Waals surface area contributed by atoms with Crippen LogP contribution in [0.2, 0.25) is 5.02 Å². The molecule has 0 atom stereocenters. The Bertz CT molecular complexity index is 1120. The van der Waals surface area contributed by atoms with E-state index in [0.29, 0.717) is 29.5 Å². The second kappa shape index (κ2) is 6.69. The third-order valence-corrected chi connectivity index (χ3v) is 7.42. The number of anilines is 1. The van der Waals surface area contributed by atoms with E-state index < -0.39 is 10.0 Å². The van der Waals surface area contributed by atoms with Gasteiger partial charge in [-0.1, -0.05) is 48.0 Å². The molecule has 0 bridgehead atoms. The Balaban J connectivity index is 1.75. The molecule has 0 radical (unpaired) electrons. The lowest BCUT2D eigenvalue weighted by Gasteiger charge is -2.19. The van der Waals surface area contributed by atoms with E-state index in [9.17, 15) is 8.42 Å². The van der Waals surface area contributed by atoms with Gasteiger partial charge in [-0.25, -0.2) is 8.42 Å². The lowest BCUT2D eigenvalue weighted by atomic mass is 10.2. The minimum Gasteiger partial charge on any atom is -0.266 e. The Morgan fingerprint density at radius 2 is 1.78 bits per heavy atom. The summed E-state index contributed by atoms with van der Waals surface area (Å²) >= 11 is 6.26. The first-order valence-electron chi connectivity index (χ1n) is 8.77. The van der Waals surface area contributed by atoms with Gasteiger partial charge in [-0.05, 0) is 43.5 Å². The van der Waals surface area contributed by atoms with Crippen molar-refractivity contribution >= 4 is 27.3 Å². The van der Waals surface area contributed by atoms with Gasteiger partial charge in [0.15, 0.2) is 0 Å². The molecular formula is C20H20ClN3O2S. The Labute approximate surface area is 164 Å². The summed E-state index contributed by atoms with van der Waals surface area (Å²) in [7, 11) is -3.68. The highest BCUT2D eigenvalue weighted by atomic mass is 35.5. The molecule has 0 spiro atoms. The molecule has 0 fully saturated rings. The molecule has 1 aliphatic rings. The number of nitrogens with zero attached hydrogens (tertiary/aromatic N) is 3. The SMILES string of the molecule is Cc1nn(Cc2ccccc2Cl)c(C)c1S(=O)(=O)N1CCc2ccccc21. The minimum absolute atomic E-state index is 0.284. The second-order valence-electron chi connectivity index (χ2n) is 6.70. The fourth-order valence-electron chi connectivity index (χ4n) is 3.66. The van der Waals surface area contributed by atoms with E-state index in [0.717, 1.165) is 23.2 Å². The number of aromatic nitrogens is 2. The summed E-state index contributed by atoms with van der Waals surface area (Å²) in [5, 5.41) is 5.13. The van der Waals surface area contributed by atoms with E-state index in [1.165, 1.54) is 4.31 Å². The first-order chi connectivity index (χ1) is 12.9. The van der Waals surface area contributed by atoms with Gasteiger partial charge in [-0.15, -0.1) is 0 Å². The summed E-state index contributed by atoms with van der Waals surface area (Å²) in [6.07, 6.45) is 0.723. The largest absolute Gasteiger partial charge is 0.268 e. The van der Waals surface area contributed by atoms with Crippen LogP contribution in [0.5, 0.6) is 0 Å². The van der Waals surface area contributed by atoms with E-state index in [2.05, 4.69) is 5.10 Å². The summed E-state index contributed by atoms with van der Waals surface area (Å²) in [4.78, 5) is 0.284. The molecule has 4 rings (SSSR count). The quantitative estimate of drug-likeness (QED) is 0.665. The maximum absolute atomic E-state index is 13.4. The molecule has 0 aliphatic carbocycles. The van der Waals surface area contributed by atoms with Gasteiger partial charge < -0.3 is 0 Å². The van der Waals surface area contributed by atoms with Crippen LogP contribution in [0.3, 0.4) is 0 Å². The smallest absolute Gasteiger partial charge is 0.266 e. The maximum Gasteiger partial charge on any atom is 0.268 e. The van der Waals surface area contributed by atoms with Crippen LogP contribution in [0.25, 0.3) is 0 Å². The Morgan fingerprint density at radius 1 is 1.07 bits per heavy atom. The highest BCUT2D eigenvalue weighted by molar-refractivity contribution is 7.93. The number of sulfonamides is 1. The van der Waals surface area contributed by atoms with Gasteiger partial charge in [0.2, 0.25) is 0 Å². The normalized spacial score (nSPS) is 13.8. The monoisotopic (exact) mass is 401 g/mol. The molecule has 27 heavy (non-hydrogen) atoms. The van der Waals surface area contributed by atoms with E-state index in [4.69, 9.17) is 11.6 Å². The molecular weight excluding hydrogens is 382 g/mol. The number of hydrogen-bond donors (Lipinski definition) is 0. The maximum atomic E-state index is 13.4. The predicted molar refractivity (Wildman–Crippen MR) is 107 cm³/mol. The van der Waals surface area contributed by atoms with Crippen LogP contribution in [-0.4, -0.2) is 24.7 Å². The number of fused-ring (bicyclic) bond motifs is 1. The van der Waals surface area contributed by atoms with E-state index >= 15 is 0 Å². The van der Waals surface area contributed by atoms with Crippen molar-refractivity contribution in [1.29, 1.82) is 0 Å². The molecule has 0 unspecified atom stereocenters. The molecule has 0 saturated heterocycles. The molecule has 1 aromatic heterocycles. The highest BCUT2D eigenvalue weighted by Gasteiger charge is 2.34. The number of halogens is 1. The van der Waals surface area contributed by atoms with E-state index in [1.54, 1.807) is 18.5 Å². The number of hydrogen-bond acceptors (Lipinski definition) is 3. The summed E-state index contributed by atoms with van der Waals surface area (Å²) < 4.78 is 30.0. The van der Waals surface area contributed by atoms with Gasteiger partial charge in [0.25, 0.3) is 10.0 Å². The molecule has 0 N–H and O–H groups in total. The number of rotatable bonds is 4. The van der Waals surface area contributed by atoms with Crippen LogP contribution in [-0.2, 0) is 23.0 Å². The third-order valence-electron chi connectivity index (χ3n) is 4.99. The number of benzene rings is 2. The van der Waals surface area contributed by atoms with E-state index in [1.807, 2.05) is 48.5 Å². The van der Waals surface area contributed by atoms with Crippen LogP contribution < -0.4 is 4.31 Å². The van der Waals surface area contributed by atoms with Gasteiger partial charge in [-0.3, -0.25) is 8.99 Å². The average Bonchev–Trinajstić information content (AvgIpc) is 3.19. The van der Waals surface area contributed by atoms with Crippen molar-refractivity contribution in [2.75, 3.05) is 10.8 Å². The van der Waals surface area contributed by atoms with Crippen LogP contribution in [0.15, 0.2) is 53.4 Å². The van der Waals surface area contributed by atoms with Gasteiger partial charge >= 0.3 is 0 Å². The minimum atomic E-state index is -3.68. The van der Waals surface area contributed by atoms with Crippen LogP contribution in [0.1, 0.15) is 22.5 Å². The highest BCUT2D eigenvalue weighted by Crippen LogP contribution is 2.34. The van der Waals surface area contributed by atoms with Crippen molar-refractivity contribution in [1.82, 2.24) is 9.78 Å². The van der Waals surface area contributed by atoms with Crippen LogP contribution >= 0.6 is 11.6 Å². The van der Waals surface area contributed by atoms with Gasteiger partial charge in [0, 0.05) is 11.6 Å². The second-order valence-corrected chi connectivity index (χ2v) is 8.91. The van der Waals surface area contributed by atoms with Gasteiger partial charge in [0.05, 0.1) is 23.6 Å². The van der Waals surface area contributed by atoms with Crippen molar-refractivity contribution < 1.29 is 8.42 Å². The summed E-state index contributed by atoms with van der Waals surface area (Å²) in [5.41, 5.74) is 3.84. The molecule has 0 saturated carbocycles. The van der Waals surface area contributed by atoms with Crippen LogP contribution in [0.4, 0.5) is 5.69 Å². The molecule has 2 heterocycles. The topological polar surface area (TPSA) is 55.2 Å².